The topological polar surface area (TPSA) is 29.5 Å². The van der Waals surface area contributed by atoms with Gasteiger partial charge in [0.1, 0.15) is 0 Å². The van der Waals surface area contributed by atoms with Crippen molar-refractivity contribution in [2.45, 2.75) is 33.4 Å². The van der Waals surface area contributed by atoms with Crippen molar-refractivity contribution in [3.8, 4) is 0 Å². The first-order valence-corrected chi connectivity index (χ1v) is 10.1. The van der Waals surface area contributed by atoms with Crippen LogP contribution in [0.15, 0.2) is 72.6 Å². The predicted molar refractivity (Wildman–Crippen MR) is 101 cm³/mol. The summed E-state index contributed by atoms with van der Waals surface area (Å²) in [5.74, 6) is 1.75. The SMILES string of the molecule is CC/C=C/P(=O)(OCC)N(Cc1ccccc1)Cc1ccccc1. The van der Waals surface area contributed by atoms with Crippen LogP contribution in [0.25, 0.3) is 0 Å². The monoisotopic (exact) mass is 343 g/mol. The molecule has 0 aliphatic heterocycles. The van der Waals surface area contributed by atoms with Gasteiger partial charge in [-0.2, -0.15) is 0 Å². The van der Waals surface area contributed by atoms with Gasteiger partial charge in [0.2, 0.25) is 0 Å². The zero-order chi connectivity index (χ0) is 17.3. The Kier molecular flexibility index (Phi) is 7.45. The van der Waals surface area contributed by atoms with Crippen LogP contribution in [-0.4, -0.2) is 11.3 Å². The molecule has 0 amide bonds. The fourth-order valence-electron chi connectivity index (χ4n) is 2.48. The summed E-state index contributed by atoms with van der Waals surface area (Å²) in [5, 5.41) is 0. The lowest BCUT2D eigenvalue weighted by atomic mass is 10.2. The van der Waals surface area contributed by atoms with Gasteiger partial charge in [0.25, 0.3) is 7.52 Å². The minimum absolute atomic E-state index is 0.422. The zero-order valence-electron chi connectivity index (χ0n) is 14.5. The molecule has 0 spiro atoms. The Morgan fingerprint density at radius 2 is 1.42 bits per heavy atom. The number of nitrogens with zero attached hydrogens (tertiary/aromatic N) is 1. The van der Waals surface area contributed by atoms with E-state index in [0.29, 0.717) is 19.7 Å². The Bertz CT molecular complexity index is 629. The third kappa shape index (κ3) is 5.45. The van der Waals surface area contributed by atoms with Crippen molar-refractivity contribution >= 4 is 7.52 Å². The minimum Gasteiger partial charge on any atom is -0.315 e. The van der Waals surface area contributed by atoms with Gasteiger partial charge >= 0.3 is 0 Å². The summed E-state index contributed by atoms with van der Waals surface area (Å²) in [6.07, 6.45) is 2.76. The molecular formula is C20H26NO2P. The van der Waals surface area contributed by atoms with Crippen LogP contribution in [0.3, 0.4) is 0 Å². The molecule has 0 aromatic heterocycles. The van der Waals surface area contributed by atoms with E-state index in [9.17, 15) is 4.57 Å². The van der Waals surface area contributed by atoms with Crippen LogP contribution in [0.1, 0.15) is 31.4 Å². The van der Waals surface area contributed by atoms with Crippen molar-refractivity contribution in [1.29, 1.82) is 0 Å². The van der Waals surface area contributed by atoms with Crippen LogP contribution in [0.2, 0.25) is 0 Å². The maximum absolute atomic E-state index is 13.5. The van der Waals surface area contributed by atoms with Gasteiger partial charge in [-0.3, -0.25) is 4.57 Å². The van der Waals surface area contributed by atoms with Crippen molar-refractivity contribution in [3.05, 3.63) is 83.7 Å². The highest BCUT2D eigenvalue weighted by Crippen LogP contribution is 2.54. The average molecular weight is 343 g/mol. The maximum Gasteiger partial charge on any atom is 0.295 e. The number of benzene rings is 2. The van der Waals surface area contributed by atoms with Gasteiger partial charge < -0.3 is 4.52 Å². The molecule has 1 unspecified atom stereocenters. The van der Waals surface area contributed by atoms with E-state index in [1.54, 1.807) is 5.82 Å². The molecule has 0 saturated heterocycles. The highest BCUT2D eigenvalue weighted by Gasteiger charge is 2.28. The standard InChI is InChI=1S/C20H26NO2P/c1-3-5-16-24(22,23-4-2)21(17-19-12-8-6-9-13-19)18-20-14-10-7-11-15-20/h5-16H,3-4,17-18H2,1-2H3/b16-5+. The smallest absolute Gasteiger partial charge is 0.295 e. The first kappa shape index (κ1) is 18.7. The molecule has 0 N–H and O–H groups in total. The molecule has 0 saturated carbocycles. The minimum atomic E-state index is -3.02. The lowest BCUT2D eigenvalue weighted by molar-refractivity contribution is 0.271. The Labute approximate surface area is 145 Å². The van der Waals surface area contributed by atoms with Crippen molar-refractivity contribution in [2.75, 3.05) is 6.61 Å². The molecule has 2 aromatic carbocycles. The van der Waals surface area contributed by atoms with Crippen molar-refractivity contribution in [3.63, 3.8) is 0 Å². The first-order valence-electron chi connectivity index (χ1n) is 8.43. The van der Waals surface area contributed by atoms with Crippen LogP contribution in [-0.2, 0) is 22.2 Å². The summed E-state index contributed by atoms with van der Waals surface area (Å²) in [4.78, 5) is 0. The third-order valence-corrected chi connectivity index (χ3v) is 5.94. The van der Waals surface area contributed by atoms with Crippen molar-refractivity contribution in [1.82, 2.24) is 4.67 Å². The van der Waals surface area contributed by atoms with Gasteiger partial charge in [0.15, 0.2) is 0 Å². The van der Waals surface area contributed by atoms with E-state index in [1.807, 2.05) is 61.0 Å². The highest BCUT2D eigenvalue weighted by atomic mass is 31.2. The van der Waals surface area contributed by atoms with E-state index in [0.717, 1.165) is 17.5 Å². The second kappa shape index (κ2) is 9.58. The second-order valence-electron chi connectivity index (χ2n) is 5.57. The molecule has 3 nitrogen and oxygen atoms in total. The Morgan fingerprint density at radius 1 is 0.917 bits per heavy atom. The zero-order valence-corrected chi connectivity index (χ0v) is 15.4. The Hall–Kier alpha value is -1.67. The summed E-state index contributed by atoms with van der Waals surface area (Å²) in [6, 6.07) is 20.2. The van der Waals surface area contributed by atoms with Crippen LogP contribution >= 0.6 is 7.52 Å². The quantitative estimate of drug-likeness (QED) is 0.536. The van der Waals surface area contributed by atoms with E-state index in [1.165, 1.54) is 0 Å². The van der Waals surface area contributed by atoms with Gasteiger partial charge in [0.05, 0.1) is 6.61 Å². The summed E-state index contributed by atoms with van der Waals surface area (Å²) >= 11 is 0. The van der Waals surface area contributed by atoms with E-state index >= 15 is 0 Å². The molecule has 0 fully saturated rings. The van der Waals surface area contributed by atoms with Gasteiger partial charge in [-0.25, -0.2) is 4.67 Å². The van der Waals surface area contributed by atoms with E-state index in [-0.39, 0.29) is 0 Å². The largest absolute Gasteiger partial charge is 0.315 e. The highest BCUT2D eigenvalue weighted by molar-refractivity contribution is 7.59. The molecular weight excluding hydrogens is 317 g/mol. The predicted octanol–water partition coefficient (Wildman–Crippen LogP) is 5.84. The van der Waals surface area contributed by atoms with Crippen LogP contribution in [0.4, 0.5) is 0 Å². The van der Waals surface area contributed by atoms with Gasteiger partial charge in [-0.1, -0.05) is 73.7 Å². The molecule has 0 bridgehead atoms. The third-order valence-electron chi connectivity index (χ3n) is 3.65. The van der Waals surface area contributed by atoms with Crippen LogP contribution < -0.4 is 0 Å². The molecule has 1 atom stereocenters. The fourth-order valence-corrected chi connectivity index (χ4v) is 4.49. The lowest BCUT2D eigenvalue weighted by Crippen LogP contribution is -2.20. The molecule has 0 radical (unpaired) electrons. The Balaban J connectivity index is 2.32. The number of hydrogen-bond acceptors (Lipinski definition) is 2. The summed E-state index contributed by atoms with van der Waals surface area (Å²) in [7, 11) is -3.02. The fraction of sp³-hybridized carbons (Fsp3) is 0.300. The summed E-state index contributed by atoms with van der Waals surface area (Å²) in [5.41, 5.74) is 2.25. The van der Waals surface area contributed by atoms with Crippen molar-refractivity contribution in [2.24, 2.45) is 0 Å². The molecule has 4 heteroatoms. The lowest BCUT2D eigenvalue weighted by Gasteiger charge is -2.29. The van der Waals surface area contributed by atoms with E-state index in [4.69, 9.17) is 4.52 Å². The molecule has 2 aromatic rings. The van der Waals surface area contributed by atoms with Gasteiger partial charge in [0, 0.05) is 18.9 Å². The summed E-state index contributed by atoms with van der Waals surface area (Å²) in [6.45, 7) is 5.51. The van der Waals surface area contributed by atoms with Gasteiger partial charge in [-0.05, 0) is 24.5 Å². The molecule has 24 heavy (non-hydrogen) atoms. The number of hydrogen-bond donors (Lipinski definition) is 0. The number of allylic oxidation sites excluding steroid dienone is 1. The second-order valence-corrected chi connectivity index (χ2v) is 7.82. The summed E-state index contributed by atoms with van der Waals surface area (Å²) < 4.78 is 21.2. The average Bonchev–Trinajstić information content (AvgIpc) is 2.61. The van der Waals surface area contributed by atoms with E-state index in [2.05, 4.69) is 24.3 Å². The van der Waals surface area contributed by atoms with Crippen LogP contribution in [0, 0.1) is 0 Å². The molecule has 0 aliphatic rings. The van der Waals surface area contributed by atoms with Gasteiger partial charge in [-0.15, -0.1) is 0 Å². The van der Waals surface area contributed by atoms with Crippen LogP contribution in [0.5, 0.6) is 0 Å². The molecule has 0 heterocycles. The number of rotatable bonds is 9. The normalized spacial score (nSPS) is 14.1. The first-order chi connectivity index (χ1) is 11.7. The maximum atomic E-state index is 13.5. The Morgan fingerprint density at radius 3 is 1.83 bits per heavy atom. The molecule has 0 aliphatic carbocycles. The molecule has 2 rings (SSSR count). The van der Waals surface area contributed by atoms with Crippen molar-refractivity contribution < 1.29 is 9.09 Å². The van der Waals surface area contributed by atoms with E-state index < -0.39 is 7.52 Å². The molecule has 128 valence electrons.